The molecule has 2 heterocycles. The minimum atomic E-state index is -0.0866. The maximum Gasteiger partial charge on any atom is 0.153 e. The maximum atomic E-state index is 6.01. The second-order valence-electron chi connectivity index (χ2n) is 6.24. The third-order valence-electron chi connectivity index (χ3n) is 3.87. The lowest BCUT2D eigenvalue weighted by atomic mass is 9.88. The molecule has 1 unspecified atom stereocenters. The van der Waals surface area contributed by atoms with Gasteiger partial charge in [0.05, 0.1) is 5.60 Å². The molecule has 1 N–H and O–H groups in total. The average Bonchev–Trinajstić information content (AvgIpc) is 2.86. The summed E-state index contributed by atoms with van der Waals surface area (Å²) in [6.07, 6.45) is 2.67. The van der Waals surface area contributed by atoms with Gasteiger partial charge in [0.2, 0.25) is 0 Å². The molecule has 4 nitrogen and oxygen atoms in total. The van der Waals surface area contributed by atoms with E-state index in [0.29, 0.717) is 5.92 Å². The lowest BCUT2D eigenvalue weighted by molar-refractivity contribution is -0.0602. The summed E-state index contributed by atoms with van der Waals surface area (Å²) in [5.41, 5.74) is 1.05. The topological polar surface area (TPSA) is 50.8 Å². The lowest BCUT2D eigenvalue weighted by Crippen LogP contribution is -2.33. The number of aromatic nitrogens is 3. The third kappa shape index (κ3) is 3.63. The first-order chi connectivity index (χ1) is 10.0. The van der Waals surface area contributed by atoms with E-state index < -0.39 is 0 Å². The number of hydrogen-bond acceptors (Lipinski definition) is 3. The van der Waals surface area contributed by atoms with Gasteiger partial charge >= 0.3 is 0 Å². The SMILES string of the molecule is CC1(C)CC(c2n[nH]c(Cc3cccc(Cl)c3)n2)CCO1. The first kappa shape index (κ1) is 14.5. The van der Waals surface area contributed by atoms with Crippen molar-refractivity contribution in [2.75, 3.05) is 6.61 Å². The smallest absolute Gasteiger partial charge is 0.153 e. The Morgan fingerprint density at radius 3 is 3.05 bits per heavy atom. The van der Waals surface area contributed by atoms with Gasteiger partial charge in [0, 0.05) is 24.0 Å². The van der Waals surface area contributed by atoms with Gasteiger partial charge in [0.1, 0.15) is 5.82 Å². The van der Waals surface area contributed by atoms with Gasteiger partial charge in [-0.1, -0.05) is 23.7 Å². The molecule has 1 aliphatic heterocycles. The fourth-order valence-electron chi connectivity index (χ4n) is 2.86. The minimum Gasteiger partial charge on any atom is -0.376 e. The van der Waals surface area contributed by atoms with Crippen molar-refractivity contribution in [2.24, 2.45) is 0 Å². The summed E-state index contributed by atoms with van der Waals surface area (Å²) >= 11 is 6.01. The largest absolute Gasteiger partial charge is 0.376 e. The van der Waals surface area contributed by atoms with Crippen LogP contribution in [0, 0.1) is 0 Å². The summed E-state index contributed by atoms with van der Waals surface area (Å²) in [5, 5.41) is 8.20. The van der Waals surface area contributed by atoms with Crippen molar-refractivity contribution in [1.29, 1.82) is 0 Å². The van der Waals surface area contributed by atoms with Crippen molar-refractivity contribution in [1.82, 2.24) is 15.2 Å². The second kappa shape index (κ2) is 5.78. The molecular formula is C16H20ClN3O. The van der Waals surface area contributed by atoms with E-state index in [1.54, 1.807) is 0 Å². The van der Waals surface area contributed by atoms with Crippen LogP contribution in [0.15, 0.2) is 24.3 Å². The van der Waals surface area contributed by atoms with Crippen LogP contribution in [-0.4, -0.2) is 27.4 Å². The fourth-order valence-corrected chi connectivity index (χ4v) is 3.08. The molecule has 0 aliphatic carbocycles. The number of nitrogens with one attached hydrogen (secondary N) is 1. The Hall–Kier alpha value is -1.39. The highest BCUT2D eigenvalue weighted by Crippen LogP contribution is 2.34. The van der Waals surface area contributed by atoms with E-state index in [9.17, 15) is 0 Å². The second-order valence-corrected chi connectivity index (χ2v) is 6.68. The number of hydrogen-bond donors (Lipinski definition) is 1. The Balaban J connectivity index is 1.71. The molecule has 0 amide bonds. The van der Waals surface area contributed by atoms with E-state index in [4.69, 9.17) is 16.3 Å². The van der Waals surface area contributed by atoms with Gasteiger partial charge in [-0.05, 0) is 44.4 Å². The zero-order chi connectivity index (χ0) is 14.9. The predicted octanol–water partition coefficient (Wildman–Crippen LogP) is 3.72. The molecule has 112 valence electrons. The summed E-state index contributed by atoms with van der Waals surface area (Å²) in [6.45, 7) is 5.02. The van der Waals surface area contributed by atoms with Gasteiger partial charge < -0.3 is 4.74 Å². The van der Waals surface area contributed by atoms with Crippen LogP contribution in [0.1, 0.15) is 49.8 Å². The Morgan fingerprint density at radius 2 is 2.29 bits per heavy atom. The van der Waals surface area contributed by atoms with Crippen molar-refractivity contribution in [2.45, 2.75) is 44.6 Å². The van der Waals surface area contributed by atoms with Gasteiger partial charge in [-0.25, -0.2) is 4.98 Å². The van der Waals surface area contributed by atoms with Gasteiger partial charge in [-0.3, -0.25) is 5.10 Å². The number of benzene rings is 1. The molecule has 1 aromatic carbocycles. The van der Waals surface area contributed by atoms with Crippen LogP contribution in [0.5, 0.6) is 0 Å². The summed E-state index contributed by atoms with van der Waals surface area (Å²) in [6, 6.07) is 7.84. The van der Waals surface area contributed by atoms with Gasteiger partial charge in [0.25, 0.3) is 0 Å². The normalized spacial score (nSPS) is 21.4. The molecular weight excluding hydrogens is 286 g/mol. The minimum absolute atomic E-state index is 0.0866. The van der Waals surface area contributed by atoms with Crippen LogP contribution in [0.4, 0.5) is 0 Å². The molecule has 0 saturated carbocycles. The Bertz CT molecular complexity index is 623. The highest BCUT2D eigenvalue weighted by atomic mass is 35.5. The standard InChI is InChI=1S/C16H20ClN3O/c1-16(2)10-12(6-7-21-16)15-18-14(19-20-15)9-11-4-3-5-13(17)8-11/h3-5,8,12H,6-7,9-10H2,1-2H3,(H,18,19,20). The van der Waals surface area contributed by atoms with Gasteiger partial charge in [0.15, 0.2) is 5.82 Å². The highest BCUT2D eigenvalue weighted by molar-refractivity contribution is 6.30. The van der Waals surface area contributed by atoms with E-state index in [-0.39, 0.29) is 5.60 Å². The number of ether oxygens (including phenoxy) is 1. The molecule has 1 atom stereocenters. The Labute approximate surface area is 129 Å². The van der Waals surface area contributed by atoms with Crippen molar-refractivity contribution in [3.05, 3.63) is 46.5 Å². The van der Waals surface area contributed by atoms with Crippen molar-refractivity contribution < 1.29 is 4.74 Å². The third-order valence-corrected chi connectivity index (χ3v) is 4.11. The molecule has 21 heavy (non-hydrogen) atoms. The van der Waals surface area contributed by atoms with Crippen LogP contribution in [0.25, 0.3) is 0 Å². The molecule has 2 aromatic rings. The van der Waals surface area contributed by atoms with Crippen LogP contribution in [-0.2, 0) is 11.2 Å². The van der Waals surface area contributed by atoms with E-state index in [1.165, 1.54) is 0 Å². The molecule has 0 bridgehead atoms. The van der Waals surface area contributed by atoms with Crippen LogP contribution in [0.3, 0.4) is 0 Å². The van der Waals surface area contributed by atoms with Crippen LogP contribution < -0.4 is 0 Å². The molecule has 1 aliphatic rings. The lowest BCUT2D eigenvalue weighted by Gasteiger charge is -2.34. The zero-order valence-electron chi connectivity index (χ0n) is 12.4. The van der Waals surface area contributed by atoms with E-state index in [0.717, 1.165) is 48.1 Å². The van der Waals surface area contributed by atoms with Crippen LogP contribution >= 0.6 is 11.6 Å². The molecule has 1 fully saturated rings. The van der Waals surface area contributed by atoms with Crippen molar-refractivity contribution >= 4 is 11.6 Å². The zero-order valence-corrected chi connectivity index (χ0v) is 13.2. The number of H-pyrrole nitrogens is 1. The summed E-state index contributed by atoms with van der Waals surface area (Å²) in [5.74, 6) is 2.16. The molecule has 0 spiro atoms. The number of aromatic amines is 1. The van der Waals surface area contributed by atoms with E-state index in [1.807, 2.05) is 24.3 Å². The fraction of sp³-hybridized carbons (Fsp3) is 0.500. The monoisotopic (exact) mass is 305 g/mol. The maximum absolute atomic E-state index is 6.01. The quantitative estimate of drug-likeness (QED) is 0.940. The van der Waals surface area contributed by atoms with Crippen molar-refractivity contribution in [3.8, 4) is 0 Å². The first-order valence-corrected chi connectivity index (χ1v) is 7.69. The summed E-state index contributed by atoms with van der Waals surface area (Å²) in [7, 11) is 0. The average molecular weight is 306 g/mol. The highest BCUT2D eigenvalue weighted by Gasteiger charge is 2.31. The Kier molecular flexibility index (Phi) is 4.00. The van der Waals surface area contributed by atoms with E-state index in [2.05, 4.69) is 29.0 Å². The molecule has 5 heteroatoms. The number of nitrogens with zero attached hydrogens (tertiary/aromatic N) is 2. The first-order valence-electron chi connectivity index (χ1n) is 7.31. The predicted molar refractivity (Wildman–Crippen MR) is 82.6 cm³/mol. The van der Waals surface area contributed by atoms with Crippen molar-refractivity contribution in [3.63, 3.8) is 0 Å². The van der Waals surface area contributed by atoms with Crippen LogP contribution in [0.2, 0.25) is 5.02 Å². The molecule has 3 rings (SSSR count). The Morgan fingerprint density at radius 1 is 1.43 bits per heavy atom. The summed E-state index contributed by atoms with van der Waals surface area (Å²) in [4.78, 5) is 4.66. The molecule has 0 radical (unpaired) electrons. The number of rotatable bonds is 3. The molecule has 1 saturated heterocycles. The molecule has 1 aromatic heterocycles. The van der Waals surface area contributed by atoms with Gasteiger partial charge in [-0.2, -0.15) is 5.10 Å². The van der Waals surface area contributed by atoms with E-state index >= 15 is 0 Å². The summed E-state index contributed by atoms with van der Waals surface area (Å²) < 4.78 is 5.75. The number of halogens is 1. The van der Waals surface area contributed by atoms with Gasteiger partial charge in [-0.15, -0.1) is 0 Å².